The van der Waals surface area contributed by atoms with Gasteiger partial charge in [-0.15, -0.1) is 0 Å². The Morgan fingerprint density at radius 1 is 1.22 bits per heavy atom. The van der Waals surface area contributed by atoms with Crippen molar-refractivity contribution in [1.29, 1.82) is 0 Å². The minimum absolute atomic E-state index is 0.0372. The molecule has 0 unspecified atom stereocenters. The Labute approximate surface area is 209 Å². The molecule has 36 heavy (non-hydrogen) atoms. The van der Waals surface area contributed by atoms with Gasteiger partial charge in [0, 0.05) is 31.7 Å². The van der Waals surface area contributed by atoms with Crippen LogP contribution in [0.4, 0.5) is 17.5 Å². The van der Waals surface area contributed by atoms with Gasteiger partial charge >= 0.3 is 0 Å². The Morgan fingerprint density at radius 3 is 2.83 bits per heavy atom. The highest BCUT2D eigenvalue weighted by Gasteiger charge is 2.23. The molecule has 0 spiro atoms. The van der Waals surface area contributed by atoms with Gasteiger partial charge in [-0.1, -0.05) is 23.1 Å². The van der Waals surface area contributed by atoms with Crippen LogP contribution in [0, 0.1) is 25.7 Å². The van der Waals surface area contributed by atoms with E-state index in [9.17, 15) is 16.8 Å². The number of anilines is 3. The number of sulfonamides is 2. The molecule has 4 bridgehead atoms. The van der Waals surface area contributed by atoms with Gasteiger partial charge in [-0.25, -0.2) is 31.3 Å². The van der Waals surface area contributed by atoms with E-state index in [4.69, 9.17) is 4.52 Å². The maximum Gasteiger partial charge on any atom is 0.245 e. The van der Waals surface area contributed by atoms with Gasteiger partial charge in [-0.3, -0.25) is 0 Å². The molecule has 4 N–H and O–H groups in total. The van der Waals surface area contributed by atoms with Crippen molar-refractivity contribution in [1.82, 2.24) is 24.6 Å². The maximum atomic E-state index is 12.5. The van der Waals surface area contributed by atoms with Gasteiger partial charge in [0.15, 0.2) is 5.76 Å². The summed E-state index contributed by atoms with van der Waals surface area (Å²) < 4.78 is 59.9. The van der Waals surface area contributed by atoms with Crippen molar-refractivity contribution in [3.63, 3.8) is 0 Å². The molecule has 1 aromatic carbocycles. The molecular weight excluding hydrogens is 506 g/mol. The number of hydrogen-bond donors (Lipinski definition) is 4. The Morgan fingerprint density at radius 2 is 2.06 bits per heavy atom. The highest BCUT2D eigenvalue weighted by molar-refractivity contribution is 7.89. The van der Waals surface area contributed by atoms with Crippen LogP contribution in [0.1, 0.15) is 29.9 Å². The van der Waals surface area contributed by atoms with E-state index in [1.54, 1.807) is 25.3 Å². The lowest BCUT2D eigenvalue weighted by atomic mass is 10.2. The first kappa shape index (κ1) is 25.6. The normalized spacial score (nSPS) is 15.2. The average molecular weight is 532 g/mol. The van der Waals surface area contributed by atoms with E-state index < -0.39 is 20.0 Å². The van der Waals surface area contributed by atoms with Crippen molar-refractivity contribution < 1.29 is 21.4 Å². The molecule has 0 fully saturated rings. The summed E-state index contributed by atoms with van der Waals surface area (Å²) >= 11 is 0. The predicted molar refractivity (Wildman–Crippen MR) is 133 cm³/mol. The topological polar surface area (TPSA) is 168 Å². The third-order valence-corrected chi connectivity index (χ3v) is 8.29. The SMILES string of the molecule is Cc1noc(C)c1S(=O)(=O)NCCC#Cc1cnc2nc1NCCCNS(=O)(=O)c1cccc(c1)N2. The maximum absolute atomic E-state index is 12.5. The lowest BCUT2D eigenvalue weighted by Gasteiger charge is -2.10. The second-order valence-corrected chi connectivity index (χ2v) is 11.4. The van der Waals surface area contributed by atoms with E-state index in [1.807, 2.05) is 0 Å². The summed E-state index contributed by atoms with van der Waals surface area (Å²) in [5.74, 6) is 6.88. The summed E-state index contributed by atoms with van der Waals surface area (Å²) in [6.45, 7) is 3.89. The molecule has 1 aliphatic rings. The summed E-state index contributed by atoms with van der Waals surface area (Å²) in [6, 6.07) is 6.38. The molecule has 0 amide bonds. The van der Waals surface area contributed by atoms with Gasteiger partial charge < -0.3 is 15.2 Å². The van der Waals surface area contributed by atoms with Crippen molar-refractivity contribution in [3.05, 3.63) is 47.5 Å². The Hall–Kier alpha value is -3.51. The summed E-state index contributed by atoms with van der Waals surface area (Å²) in [6.07, 6.45) is 2.32. The standard InChI is InChI=1S/C22H25N7O5S2/c1-15-20(16(2)34-29-15)36(32,33)26-11-4-3-7-17-14-24-22-27-18-8-5-9-19(13-18)35(30,31)25-12-6-10-23-21(17)28-22/h5,8-9,13-14,25-26H,4,6,10-12H2,1-2H3,(H2,23,24,27,28). The van der Waals surface area contributed by atoms with Crippen LogP contribution in [0.5, 0.6) is 0 Å². The molecule has 4 rings (SSSR count). The molecule has 0 aliphatic carbocycles. The number of nitrogens with zero attached hydrogens (tertiary/aromatic N) is 3. The summed E-state index contributed by atoms with van der Waals surface area (Å²) in [4.78, 5) is 8.95. The van der Waals surface area contributed by atoms with E-state index >= 15 is 0 Å². The van der Waals surface area contributed by atoms with Crippen LogP contribution in [0.25, 0.3) is 0 Å². The first-order chi connectivity index (χ1) is 17.2. The van der Waals surface area contributed by atoms with E-state index in [0.717, 1.165) is 0 Å². The fourth-order valence-corrected chi connectivity index (χ4v) is 5.94. The summed E-state index contributed by atoms with van der Waals surface area (Å²) in [5.41, 5.74) is 1.34. The zero-order valence-corrected chi connectivity index (χ0v) is 21.3. The van der Waals surface area contributed by atoms with Crippen molar-refractivity contribution in [2.75, 3.05) is 30.3 Å². The van der Waals surface area contributed by atoms with Gasteiger partial charge in [0.1, 0.15) is 16.4 Å². The summed E-state index contributed by atoms with van der Waals surface area (Å²) in [7, 11) is -7.39. The van der Waals surface area contributed by atoms with E-state index in [2.05, 4.69) is 47.0 Å². The largest absolute Gasteiger partial charge is 0.369 e. The van der Waals surface area contributed by atoms with E-state index in [1.165, 1.54) is 19.1 Å². The molecule has 12 nitrogen and oxygen atoms in total. The molecule has 0 radical (unpaired) electrons. The van der Waals surface area contributed by atoms with E-state index in [0.29, 0.717) is 35.7 Å². The molecule has 0 atom stereocenters. The number of nitrogens with one attached hydrogen (secondary N) is 4. The number of aromatic nitrogens is 3. The Balaban J connectivity index is 1.48. The minimum atomic E-state index is -3.76. The highest BCUT2D eigenvalue weighted by Crippen LogP contribution is 2.21. The zero-order chi connectivity index (χ0) is 25.8. The fourth-order valence-electron chi connectivity index (χ4n) is 3.46. The number of benzene rings is 1. The molecule has 2 aromatic heterocycles. The number of rotatable bonds is 4. The van der Waals surface area contributed by atoms with E-state index in [-0.39, 0.29) is 41.0 Å². The Bertz CT molecular complexity index is 1520. The van der Waals surface area contributed by atoms with Gasteiger partial charge in [0.25, 0.3) is 0 Å². The van der Waals surface area contributed by atoms with Crippen LogP contribution in [-0.2, 0) is 20.0 Å². The van der Waals surface area contributed by atoms with Gasteiger partial charge in [-0.05, 0) is 38.5 Å². The van der Waals surface area contributed by atoms with Crippen LogP contribution in [0.15, 0.2) is 44.8 Å². The number of aryl methyl sites for hydroxylation is 2. The monoisotopic (exact) mass is 531 g/mol. The first-order valence-corrected chi connectivity index (χ1v) is 14.0. The first-order valence-electron chi connectivity index (χ1n) is 11.0. The second kappa shape index (κ2) is 10.6. The lowest BCUT2D eigenvalue weighted by Crippen LogP contribution is -2.26. The molecule has 3 aromatic rings. The molecule has 14 heteroatoms. The van der Waals surface area contributed by atoms with Crippen molar-refractivity contribution >= 4 is 37.5 Å². The molecule has 0 saturated carbocycles. The third-order valence-electron chi connectivity index (χ3n) is 5.13. The van der Waals surface area contributed by atoms with Gasteiger partial charge in [0.05, 0.1) is 16.7 Å². The third kappa shape index (κ3) is 6.00. The average Bonchev–Trinajstić information content (AvgIpc) is 3.18. The lowest BCUT2D eigenvalue weighted by molar-refractivity contribution is 0.390. The molecule has 190 valence electrons. The second-order valence-electron chi connectivity index (χ2n) is 7.89. The van der Waals surface area contributed by atoms with Crippen molar-refractivity contribution in [2.24, 2.45) is 0 Å². The van der Waals surface area contributed by atoms with Gasteiger partial charge in [-0.2, -0.15) is 4.98 Å². The van der Waals surface area contributed by atoms with Crippen LogP contribution < -0.4 is 20.1 Å². The zero-order valence-electron chi connectivity index (χ0n) is 19.6. The van der Waals surface area contributed by atoms with Gasteiger partial charge in [0.2, 0.25) is 26.0 Å². The minimum Gasteiger partial charge on any atom is -0.369 e. The quantitative estimate of drug-likeness (QED) is 0.287. The molecule has 0 saturated heterocycles. The predicted octanol–water partition coefficient (Wildman–Crippen LogP) is 1.64. The fraction of sp³-hybridized carbons (Fsp3) is 0.318. The smallest absolute Gasteiger partial charge is 0.245 e. The van der Waals surface area contributed by atoms with Crippen LogP contribution >= 0.6 is 0 Å². The van der Waals surface area contributed by atoms with Crippen LogP contribution in [0.2, 0.25) is 0 Å². The Kier molecular flexibility index (Phi) is 7.55. The van der Waals surface area contributed by atoms with Crippen LogP contribution in [0.3, 0.4) is 0 Å². The number of hydrogen-bond acceptors (Lipinski definition) is 10. The van der Waals surface area contributed by atoms with Crippen molar-refractivity contribution in [3.8, 4) is 11.8 Å². The molecular formula is C22H25N7O5S2. The van der Waals surface area contributed by atoms with Crippen molar-refractivity contribution in [2.45, 2.75) is 36.5 Å². The summed E-state index contributed by atoms with van der Waals surface area (Å²) in [5, 5.41) is 9.85. The highest BCUT2D eigenvalue weighted by atomic mass is 32.2. The number of fused-ring (bicyclic) bond motifs is 4. The molecule has 1 aliphatic heterocycles. The molecule has 3 heterocycles. The van der Waals surface area contributed by atoms with Crippen LogP contribution in [-0.4, -0.2) is 51.6 Å².